The van der Waals surface area contributed by atoms with Crippen LogP contribution in [0.3, 0.4) is 0 Å². The molecule has 0 aliphatic heterocycles. The van der Waals surface area contributed by atoms with Gasteiger partial charge in [0.25, 0.3) is 0 Å². The second kappa shape index (κ2) is 5.34. The fourth-order valence-electron chi connectivity index (χ4n) is 1.17. The van der Waals surface area contributed by atoms with Gasteiger partial charge in [-0.1, -0.05) is 0 Å². The van der Waals surface area contributed by atoms with E-state index in [1.807, 2.05) is 19.9 Å². The van der Waals surface area contributed by atoms with E-state index in [4.69, 9.17) is 0 Å². The molecule has 0 aliphatic rings. The van der Waals surface area contributed by atoms with Gasteiger partial charge in [0, 0.05) is 0 Å². The number of aryl methyl sites for hydroxylation is 1. The van der Waals surface area contributed by atoms with Crippen molar-refractivity contribution in [2.75, 3.05) is 0 Å². The number of pyridine rings is 1. The average molecular weight is 200 g/mol. The minimum atomic E-state index is 0.485. The summed E-state index contributed by atoms with van der Waals surface area (Å²) in [5.74, 6) is 0. The van der Waals surface area contributed by atoms with Gasteiger partial charge in [-0.25, -0.2) is 0 Å². The van der Waals surface area contributed by atoms with Gasteiger partial charge in [0.05, 0.1) is 0 Å². The van der Waals surface area contributed by atoms with Crippen molar-refractivity contribution in [3.8, 4) is 0 Å². The van der Waals surface area contributed by atoms with Crippen LogP contribution in [-0.2, 0) is 11.2 Å². The first-order valence-electron chi connectivity index (χ1n) is 4.70. The van der Waals surface area contributed by atoms with Crippen LogP contribution >= 0.6 is 0 Å². The molecule has 0 atom stereocenters. The second-order valence-electron chi connectivity index (χ2n) is 3.37. The normalized spacial score (nSPS) is 10.3. The number of allylic oxidation sites excluding steroid dienone is 1. The van der Waals surface area contributed by atoms with Crippen molar-refractivity contribution in [1.82, 2.24) is 4.98 Å². The van der Waals surface area contributed by atoms with Crippen molar-refractivity contribution in [3.63, 3.8) is 0 Å². The van der Waals surface area contributed by atoms with Crippen molar-refractivity contribution in [2.45, 2.75) is 20.4 Å². The summed E-state index contributed by atoms with van der Waals surface area (Å²) in [6.45, 7) is 8.20. The molecule has 0 bridgehead atoms. The Morgan fingerprint density at radius 3 is 3.07 bits per heavy atom. The molecule has 0 radical (unpaired) electrons. The molecule has 1 aromatic rings. The molecule has 0 fully saturated rings. The third kappa shape index (κ3) is 3.24. The van der Waals surface area contributed by atoms with Crippen molar-refractivity contribution in [1.29, 1.82) is 0 Å². The predicted molar refractivity (Wildman–Crippen MR) is 62.3 cm³/mol. The summed E-state index contributed by atoms with van der Waals surface area (Å²) in [4.78, 5) is 8.21. The molecule has 15 heavy (non-hydrogen) atoms. The average Bonchev–Trinajstić information content (AvgIpc) is 2.20. The van der Waals surface area contributed by atoms with Gasteiger partial charge in [0.2, 0.25) is 0 Å². The van der Waals surface area contributed by atoms with Crippen molar-refractivity contribution >= 4 is 18.8 Å². The summed E-state index contributed by atoms with van der Waals surface area (Å²) in [5.41, 5.74) is 3.94. The number of aromatic nitrogens is 1. The van der Waals surface area contributed by atoms with Crippen LogP contribution < -0.4 is 0 Å². The summed E-state index contributed by atoms with van der Waals surface area (Å²) in [6.07, 6.45) is 3.05. The zero-order chi connectivity index (χ0) is 11.3. The molecule has 0 saturated carbocycles. The molecule has 0 saturated heterocycles. The van der Waals surface area contributed by atoms with E-state index in [2.05, 4.69) is 16.6 Å². The molecule has 0 unspecified atom stereocenters. The molecule has 76 valence electrons. The van der Waals surface area contributed by atoms with Crippen LogP contribution in [0.2, 0.25) is 0 Å². The van der Waals surface area contributed by atoms with Crippen molar-refractivity contribution < 1.29 is 4.70 Å². The standard InChI is InChI=1S/C11H13BN2O/c1-8(2)10-4-11(5-13-7-12-15)9(3)14-6-10/h4,6-7H,1,5H2,2-3H3. The van der Waals surface area contributed by atoms with E-state index in [-0.39, 0.29) is 0 Å². The van der Waals surface area contributed by atoms with E-state index in [1.54, 1.807) is 6.20 Å². The SMILES string of the molecule is C=C(C)c1cnc(C)c(CN=CB=O)c1. The maximum absolute atomic E-state index is 10.1. The number of aliphatic imine (C=N–C) groups is 1. The summed E-state index contributed by atoms with van der Waals surface area (Å²) in [7, 11) is 0.672. The van der Waals surface area contributed by atoms with Crippen LogP contribution in [0.4, 0.5) is 0 Å². The van der Waals surface area contributed by atoms with E-state index in [0.29, 0.717) is 13.7 Å². The van der Waals surface area contributed by atoms with Crippen LogP contribution in [0.1, 0.15) is 23.7 Å². The summed E-state index contributed by atoms with van der Waals surface area (Å²) >= 11 is 0. The van der Waals surface area contributed by atoms with E-state index in [9.17, 15) is 4.70 Å². The molecule has 0 aromatic carbocycles. The number of rotatable bonds is 4. The van der Waals surface area contributed by atoms with E-state index in [0.717, 1.165) is 22.4 Å². The number of hydrogen-bond acceptors (Lipinski definition) is 3. The fraction of sp³-hybridized carbons (Fsp3) is 0.273. The van der Waals surface area contributed by atoms with Gasteiger partial charge in [0.15, 0.2) is 0 Å². The van der Waals surface area contributed by atoms with E-state index < -0.39 is 0 Å². The molecule has 3 nitrogen and oxygen atoms in total. The van der Waals surface area contributed by atoms with Crippen LogP contribution in [0.15, 0.2) is 23.8 Å². The first kappa shape index (κ1) is 11.5. The molecular formula is C11H13BN2O. The topological polar surface area (TPSA) is 42.3 Å². The van der Waals surface area contributed by atoms with Gasteiger partial charge < -0.3 is 0 Å². The third-order valence-electron chi connectivity index (χ3n) is 2.11. The predicted octanol–water partition coefficient (Wildman–Crippen LogP) is 2.00. The van der Waals surface area contributed by atoms with E-state index >= 15 is 0 Å². The van der Waals surface area contributed by atoms with Gasteiger partial charge in [-0.05, 0) is 0 Å². The zero-order valence-corrected chi connectivity index (χ0v) is 9.03. The maximum atomic E-state index is 10.1. The molecular weight excluding hydrogens is 187 g/mol. The van der Waals surface area contributed by atoms with Crippen molar-refractivity contribution in [2.24, 2.45) is 4.99 Å². The molecule has 0 spiro atoms. The van der Waals surface area contributed by atoms with Gasteiger partial charge in [0.1, 0.15) is 0 Å². The van der Waals surface area contributed by atoms with Gasteiger partial charge in [-0.15, -0.1) is 0 Å². The minimum absolute atomic E-state index is 0.485. The van der Waals surface area contributed by atoms with Crippen LogP contribution in [0.5, 0.6) is 0 Å². The van der Waals surface area contributed by atoms with Gasteiger partial charge >= 0.3 is 89.6 Å². The van der Waals surface area contributed by atoms with Crippen LogP contribution in [-0.4, -0.2) is 18.2 Å². The van der Waals surface area contributed by atoms with Crippen LogP contribution in [0, 0.1) is 6.92 Å². The zero-order valence-electron chi connectivity index (χ0n) is 9.03. The Morgan fingerprint density at radius 2 is 2.47 bits per heavy atom. The number of nitrogens with zero attached hydrogens (tertiary/aromatic N) is 2. The Balaban J connectivity index is 2.94. The Labute approximate surface area is 90.2 Å². The fourth-order valence-corrected chi connectivity index (χ4v) is 1.17. The molecule has 0 N–H and O–H groups in total. The third-order valence-corrected chi connectivity index (χ3v) is 2.11. The summed E-state index contributed by atoms with van der Waals surface area (Å²) in [5, 5.41) is 0. The summed E-state index contributed by atoms with van der Waals surface area (Å²) < 4.78 is 10.1. The molecule has 1 aromatic heterocycles. The van der Waals surface area contributed by atoms with Gasteiger partial charge in [-0.3, -0.25) is 0 Å². The Hall–Kier alpha value is -1.58. The van der Waals surface area contributed by atoms with Gasteiger partial charge in [-0.2, -0.15) is 0 Å². The Morgan fingerprint density at radius 1 is 1.73 bits per heavy atom. The monoisotopic (exact) mass is 200 g/mol. The van der Waals surface area contributed by atoms with Crippen molar-refractivity contribution in [3.05, 3.63) is 35.7 Å². The first-order valence-corrected chi connectivity index (χ1v) is 4.70. The molecule has 1 rings (SSSR count). The van der Waals surface area contributed by atoms with Crippen LogP contribution in [0.25, 0.3) is 5.57 Å². The molecule has 4 heteroatoms. The summed E-state index contributed by atoms with van der Waals surface area (Å²) in [6, 6.07) is 2.01. The second-order valence-corrected chi connectivity index (χ2v) is 3.37. The Kier molecular flexibility index (Phi) is 4.09. The molecule has 0 aliphatic carbocycles. The van der Waals surface area contributed by atoms with E-state index in [1.165, 1.54) is 6.11 Å². The quantitative estimate of drug-likeness (QED) is 0.550. The molecule has 0 amide bonds. The first-order chi connectivity index (χ1) is 7.15. The Bertz CT molecular complexity index is 413. The molecule has 1 heterocycles. The number of hydrogen-bond donors (Lipinski definition) is 0.